The van der Waals surface area contributed by atoms with Crippen LogP contribution in [0.4, 0.5) is 11.4 Å². The van der Waals surface area contributed by atoms with Gasteiger partial charge in [0.2, 0.25) is 5.91 Å². The number of carbonyl (C=O) groups is 2. The Morgan fingerprint density at radius 2 is 1.58 bits per heavy atom. The van der Waals surface area contributed by atoms with E-state index in [9.17, 15) is 9.59 Å². The highest BCUT2D eigenvalue weighted by Crippen LogP contribution is 2.17. The maximum absolute atomic E-state index is 12.5. The van der Waals surface area contributed by atoms with E-state index in [1.165, 1.54) is 4.90 Å². The van der Waals surface area contributed by atoms with Gasteiger partial charge < -0.3 is 15.1 Å². The van der Waals surface area contributed by atoms with Crippen molar-refractivity contribution in [2.75, 3.05) is 37.4 Å². The molecule has 0 aromatic heterocycles. The summed E-state index contributed by atoms with van der Waals surface area (Å²) in [6.07, 6.45) is 0. The van der Waals surface area contributed by atoms with Crippen molar-refractivity contribution in [1.82, 2.24) is 4.90 Å². The Kier molecular flexibility index (Phi) is 5.95. The number of nitrogens with one attached hydrogen (secondary N) is 1. The van der Waals surface area contributed by atoms with E-state index in [-0.39, 0.29) is 18.4 Å². The third kappa shape index (κ3) is 4.13. The van der Waals surface area contributed by atoms with Gasteiger partial charge in [0.05, 0.1) is 12.1 Å². The fourth-order valence-corrected chi connectivity index (χ4v) is 2.44. The molecule has 0 aliphatic carbocycles. The molecule has 0 saturated carbocycles. The summed E-state index contributed by atoms with van der Waals surface area (Å²) in [5, 5.41) is 3.09. The third-order valence-corrected chi connectivity index (χ3v) is 3.68. The summed E-state index contributed by atoms with van der Waals surface area (Å²) in [7, 11) is 3.41. The van der Waals surface area contributed by atoms with Crippen molar-refractivity contribution in [3.63, 3.8) is 0 Å². The minimum Gasteiger partial charge on any atom is -0.375 e. The van der Waals surface area contributed by atoms with Crippen LogP contribution in [0.25, 0.3) is 0 Å². The first-order valence-corrected chi connectivity index (χ1v) is 7.94. The van der Waals surface area contributed by atoms with Crippen molar-refractivity contribution in [3.05, 3.63) is 60.2 Å². The number of hydrogen-bond donors (Lipinski definition) is 1. The van der Waals surface area contributed by atoms with E-state index in [2.05, 4.69) is 5.32 Å². The molecule has 0 aliphatic heterocycles. The molecule has 0 aliphatic rings. The van der Waals surface area contributed by atoms with E-state index in [0.29, 0.717) is 17.8 Å². The molecule has 1 N–H and O–H groups in total. The Balaban J connectivity index is 2.10. The predicted molar refractivity (Wildman–Crippen MR) is 97.4 cm³/mol. The van der Waals surface area contributed by atoms with Crippen LogP contribution in [-0.2, 0) is 4.79 Å². The van der Waals surface area contributed by atoms with Gasteiger partial charge in [-0.1, -0.05) is 30.3 Å². The van der Waals surface area contributed by atoms with Crippen molar-refractivity contribution < 1.29 is 9.59 Å². The number of rotatable bonds is 6. The first-order chi connectivity index (χ1) is 11.5. The Morgan fingerprint density at radius 3 is 2.21 bits per heavy atom. The monoisotopic (exact) mass is 325 g/mol. The van der Waals surface area contributed by atoms with Crippen molar-refractivity contribution in [2.45, 2.75) is 6.92 Å². The summed E-state index contributed by atoms with van der Waals surface area (Å²) in [5.74, 6) is -0.142. The number of hydrogen-bond acceptors (Lipinski definition) is 3. The van der Waals surface area contributed by atoms with Gasteiger partial charge in [0.25, 0.3) is 5.91 Å². The molecule has 2 amide bonds. The van der Waals surface area contributed by atoms with E-state index in [0.717, 1.165) is 5.69 Å². The lowest BCUT2D eigenvalue weighted by molar-refractivity contribution is -0.116. The predicted octanol–water partition coefficient (Wildman–Crippen LogP) is 2.85. The first-order valence-electron chi connectivity index (χ1n) is 7.94. The van der Waals surface area contributed by atoms with Gasteiger partial charge in [0, 0.05) is 32.0 Å². The van der Waals surface area contributed by atoms with Gasteiger partial charge in [-0.25, -0.2) is 0 Å². The quantitative estimate of drug-likeness (QED) is 0.888. The van der Waals surface area contributed by atoms with Crippen LogP contribution in [-0.4, -0.2) is 43.9 Å². The standard InChI is InChI=1S/C19H23N3O2/c1-4-22(15-10-6-5-7-11-15)18(23)14-20-17-13-9-8-12-16(17)19(24)21(2)3/h5-13,20H,4,14H2,1-3H3. The van der Waals surface area contributed by atoms with Crippen molar-refractivity contribution in [1.29, 1.82) is 0 Å². The molecule has 24 heavy (non-hydrogen) atoms. The van der Waals surface area contributed by atoms with Crippen LogP contribution in [0, 0.1) is 0 Å². The second-order valence-electron chi connectivity index (χ2n) is 5.57. The van der Waals surface area contributed by atoms with Crippen LogP contribution in [0.15, 0.2) is 54.6 Å². The van der Waals surface area contributed by atoms with Crippen LogP contribution in [0.1, 0.15) is 17.3 Å². The van der Waals surface area contributed by atoms with E-state index in [1.54, 1.807) is 25.1 Å². The lowest BCUT2D eigenvalue weighted by Gasteiger charge is -2.22. The third-order valence-electron chi connectivity index (χ3n) is 3.68. The Hall–Kier alpha value is -2.82. The van der Waals surface area contributed by atoms with E-state index >= 15 is 0 Å². The van der Waals surface area contributed by atoms with Crippen molar-refractivity contribution in [2.24, 2.45) is 0 Å². The number of amides is 2. The largest absolute Gasteiger partial charge is 0.375 e. The molecule has 5 heteroatoms. The molecule has 0 spiro atoms. The fraction of sp³-hybridized carbons (Fsp3) is 0.263. The molecule has 2 aromatic carbocycles. The maximum atomic E-state index is 12.5. The highest BCUT2D eigenvalue weighted by atomic mass is 16.2. The molecule has 126 valence electrons. The van der Waals surface area contributed by atoms with Gasteiger partial charge in [0.15, 0.2) is 0 Å². The highest BCUT2D eigenvalue weighted by Gasteiger charge is 2.16. The molecule has 2 rings (SSSR count). The molecule has 0 unspecified atom stereocenters. The van der Waals surface area contributed by atoms with Gasteiger partial charge in [-0.05, 0) is 31.2 Å². The molecule has 0 saturated heterocycles. The normalized spacial score (nSPS) is 10.1. The number of para-hydroxylation sites is 2. The molecule has 0 atom stereocenters. The van der Waals surface area contributed by atoms with Crippen LogP contribution < -0.4 is 10.2 Å². The van der Waals surface area contributed by atoms with E-state index in [4.69, 9.17) is 0 Å². The SMILES string of the molecule is CCN(C(=O)CNc1ccccc1C(=O)N(C)C)c1ccccc1. The smallest absolute Gasteiger partial charge is 0.255 e. The second-order valence-corrected chi connectivity index (χ2v) is 5.57. The van der Waals surface area contributed by atoms with Gasteiger partial charge in [-0.15, -0.1) is 0 Å². The molecular formula is C19H23N3O2. The number of nitrogens with zero attached hydrogens (tertiary/aromatic N) is 2. The fourth-order valence-electron chi connectivity index (χ4n) is 2.44. The lowest BCUT2D eigenvalue weighted by Crippen LogP contribution is -2.35. The summed E-state index contributed by atoms with van der Waals surface area (Å²) in [6, 6.07) is 16.8. The van der Waals surface area contributed by atoms with Crippen molar-refractivity contribution >= 4 is 23.2 Å². The van der Waals surface area contributed by atoms with Gasteiger partial charge in [-0.3, -0.25) is 9.59 Å². The minimum atomic E-state index is -0.0963. The zero-order chi connectivity index (χ0) is 17.5. The molecule has 5 nitrogen and oxygen atoms in total. The average molecular weight is 325 g/mol. The van der Waals surface area contributed by atoms with Crippen LogP contribution in [0.3, 0.4) is 0 Å². The second kappa shape index (κ2) is 8.15. The van der Waals surface area contributed by atoms with E-state index in [1.807, 2.05) is 55.5 Å². The minimum absolute atomic E-state index is 0.0456. The number of anilines is 2. The molecule has 0 radical (unpaired) electrons. The van der Waals surface area contributed by atoms with Gasteiger partial charge in [0.1, 0.15) is 0 Å². The summed E-state index contributed by atoms with van der Waals surface area (Å²) in [5.41, 5.74) is 2.08. The molecule has 0 fully saturated rings. The first kappa shape index (κ1) is 17.5. The average Bonchev–Trinajstić information content (AvgIpc) is 2.61. The summed E-state index contributed by atoms with van der Waals surface area (Å²) < 4.78 is 0. The zero-order valence-corrected chi connectivity index (χ0v) is 14.3. The topological polar surface area (TPSA) is 52.7 Å². The van der Waals surface area contributed by atoms with Crippen LogP contribution in [0.2, 0.25) is 0 Å². The molecular weight excluding hydrogens is 302 g/mol. The van der Waals surface area contributed by atoms with E-state index < -0.39 is 0 Å². The number of carbonyl (C=O) groups excluding carboxylic acids is 2. The Labute approximate surface area is 142 Å². The lowest BCUT2D eigenvalue weighted by atomic mass is 10.1. The van der Waals surface area contributed by atoms with Gasteiger partial charge >= 0.3 is 0 Å². The zero-order valence-electron chi connectivity index (χ0n) is 14.3. The number of benzene rings is 2. The molecule has 0 heterocycles. The maximum Gasteiger partial charge on any atom is 0.255 e. The molecule has 0 bridgehead atoms. The number of likely N-dealkylation sites (N-methyl/N-ethyl adjacent to an activating group) is 1. The summed E-state index contributed by atoms with van der Waals surface area (Å²) in [6.45, 7) is 2.65. The summed E-state index contributed by atoms with van der Waals surface area (Å²) in [4.78, 5) is 28.0. The van der Waals surface area contributed by atoms with Gasteiger partial charge in [-0.2, -0.15) is 0 Å². The van der Waals surface area contributed by atoms with Crippen LogP contribution in [0.5, 0.6) is 0 Å². The Bertz CT molecular complexity index is 699. The highest BCUT2D eigenvalue weighted by molar-refractivity contribution is 6.01. The Morgan fingerprint density at radius 1 is 0.958 bits per heavy atom. The van der Waals surface area contributed by atoms with Crippen LogP contribution >= 0.6 is 0 Å². The van der Waals surface area contributed by atoms with Crippen molar-refractivity contribution in [3.8, 4) is 0 Å². The summed E-state index contributed by atoms with van der Waals surface area (Å²) >= 11 is 0. The molecule has 2 aromatic rings.